The topological polar surface area (TPSA) is 61.4 Å². The molecule has 0 saturated heterocycles. The Morgan fingerprint density at radius 1 is 1.32 bits per heavy atom. The fourth-order valence-electron chi connectivity index (χ4n) is 2.99. The minimum Gasteiger partial charge on any atom is -0.375 e. The molecule has 6 heteroatoms. The number of carbonyl (C=O) groups excluding carboxylic acids is 2. The summed E-state index contributed by atoms with van der Waals surface area (Å²) in [7, 11) is 0. The van der Waals surface area contributed by atoms with Gasteiger partial charge >= 0.3 is 0 Å². The molecule has 2 aromatic rings. The van der Waals surface area contributed by atoms with Crippen molar-refractivity contribution >= 4 is 40.5 Å². The average Bonchev–Trinajstić information content (AvgIpc) is 2.68. The number of anilines is 3. The maximum absolute atomic E-state index is 12.9. The maximum Gasteiger partial charge on any atom is 0.246 e. The van der Waals surface area contributed by atoms with Crippen LogP contribution >= 0.6 is 11.6 Å². The number of hydrogen-bond acceptors (Lipinski definition) is 3. The smallest absolute Gasteiger partial charge is 0.246 e. The summed E-state index contributed by atoms with van der Waals surface area (Å²) in [5, 5.41) is 6.52. The summed E-state index contributed by atoms with van der Waals surface area (Å²) in [6, 6.07) is 12.7. The van der Waals surface area contributed by atoms with Gasteiger partial charge in [-0.25, -0.2) is 0 Å². The molecule has 25 heavy (non-hydrogen) atoms. The van der Waals surface area contributed by atoms with Gasteiger partial charge in [0.05, 0.1) is 28.6 Å². The minimum absolute atomic E-state index is 0.0928. The second-order valence-corrected chi connectivity index (χ2v) is 6.63. The Morgan fingerprint density at radius 3 is 2.84 bits per heavy atom. The molecule has 3 rings (SSSR count). The minimum atomic E-state index is -0.230. The first-order chi connectivity index (χ1) is 12.0. The number of nitrogens with zero attached hydrogens (tertiary/aromatic N) is 1. The number of carbonyl (C=O) groups is 2. The van der Waals surface area contributed by atoms with Crippen molar-refractivity contribution in [3.8, 4) is 0 Å². The van der Waals surface area contributed by atoms with E-state index in [0.29, 0.717) is 22.1 Å². The summed E-state index contributed by atoms with van der Waals surface area (Å²) in [6.45, 7) is 3.93. The van der Waals surface area contributed by atoms with Gasteiger partial charge in [0.2, 0.25) is 11.8 Å². The number of nitrogens with one attached hydrogen (secondary N) is 2. The van der Waals surface area contributed by atoms with Crippen molar-refractivity contribution in [2.24, 2.45) is 0 Å². The van der Waals surface area contributed by atoms with Crippen LogP contribution in [0, 0.1) is 6.92 Å². The van der Waals surface area contributed by atoms with Crippen LogP contribution < -0.4 is 15.5 Å². The molecule has 0 spiro atoms. The Morgan fingerprint density at radius 2 is 2.08 bits per heavy atom. The molecular weight excluding hydrogens is 338 g/mol. The van der Waals surface area contributed by atoms with Gasteiger partial charge in [0.15, 0.2) is 0 Å². The molecule has 0 radical (unpaired) electrons. The number of halogens is 1. The summed E-state index contributed by atoms with van der Waals surface area (Å²) in [5.74, 6) is -0.210. The van der Waals surface area contributed by atoms with Gasteiger partial charge in [-0.05, 0) is 43.7 Å². The summed E-state index contributed by atoms with van der Waals surface area (Å²) in [5.41, 5.74) is 3.13. The Balaban J connectivity index is 1.81. The van der Waals surface area contributed by atoms with Crippen LogP contribution in [-0.4, -0.2) is 24.4 Å². The number of amides is 2. The van der Waals surface area contributed by atoms with Crippen molar-refractivity contribution in [3.63, 3.8) is 0 Å². The van der Waals surface area contributed by atoms with Crippen LogP contribution in [0.2, 0.25) is 5.02 Å². The number of fused-ring (bicyclic) bond motifs is 1. The van der Waals surface area contributed by atoms with Crippen LogP contribution in [0.3, 0.4) is 0 Å². The molecule has 0 aromatic heterocycles. The molecule has 0 saturated carbocycles. The molecule has 1 aliphatic rings. The van der Waals surface area contributed by atoms with Gasteiger partial charge in [-0.2, -0.15) is 0 Å². The highest BCUT2D eigenvalue weighted by molar-refractivity contribution is 6.33. The zero-order valence-corrected chi connectivity index (χ0v) is 14.9. The first kappa shape index (κ1) is 17.3. The molecule has 0 bridgehead atoms. The summed E-state index contributed by atoms with van der Waals surface area (Å²) >= 11 is 6.21. The third kappa shape index (κ3) is 3.77. The Bertz CT molecular complexity index is 822. The third-order valence-corrected chi connectivity index (χ3v) is 4.50. The molecule has 2 amide bonds. The summed E-state index contributed by atoms with van der Waals surface area (Å²) < 4.78 is 0. The highest BCUT2D eigenvalue weighted by atomic mass is 35.5. The van der Waals surface area contributed by atoms with Crippen molar-refractivity contribution in [1.82, 2.24) is 0 Å². The highest BCUT2D eigenvalue weighted by Crippen LogP contribution is 2.31. The molecule has 5 nitrogen and oxygen atoms in total. The predicted molar refractivity (Wildman–Crippen MR) is 101 cm³/mol. The molecule has 1 unspecified atom stereocenters. The van der Waals surface area contributed by atoms with Crippen LogP contribution in [0.5, 0.6) is 0 Å². The van der Waals surface area contributed by atoms with E-state index in [2.05, 4.69) is 10.6 Å². The second kappa shape index (κ2) is 7.15. The van der Waals surface area contributed by atoms with E-state index in [0.717, 1.165) is 5.56 Å². The van der Waals surface area contributed by atoms with E-state index in [4.69, 9.17) is 11.6 Å². The van der Waals surface area contributed by atoms with Crippen LogP contribution in [0.1, 0.15) is 18.9 Å². The van der Waals surface area contributed by atoms with Gasteiger partial charge in [-0.1, -0.05) is 29.8 Å². The third-order valence-electron chi connectivity index (χ3n) is 4.18. The van der Waals surface area contributed by atoms with Crippen LogP contribution in [0.25, 0.3) is 0 Å². The van der Waals surface area contributed by atoms with E-state index >= 15 is 0 Å². The van der Waals surface area contributed by atoms with E-state index in [1.165, 1.54) is 0 Å². The molecule has 0 aliphatic carbocycles. The van der Waals surface area contributed by atoms with E-state index in [1.807, 2.05) is 50.2 Å². The zero-order chi connectivity index (χ0) is 18.0. The lowest BCUT2D eigenvalue weighted by Crippen LogP contribution is -2.42. The molecule has 130 valence electrons. The van der Waals surface area contributed by atoms with Crippen LogP contribution in [-0.2, 0) is 9.59 Å². The Labute approximate surface area is 152 Å². The fraction of sp³-hybridized carbons (Fsp3) is 0.263. The SMILES string of the molecule is Cc1ccc(NCC(=O)N2c3ccccc3NC(=O)CC2C)c(Cl)c1. The van der Waals surface area contributed by atoms with Gasteiger partial charge in [0.1, 0.15) is 0 Å². The first-order valence-electron chi connectivity index (χ1n) is 8.16. The van der Waals surface area contributed by atoms with E-state index in [1.54, 1.807) is 11.0 Å². The van der Waals surface area contributed by atoms with Crippen LogP contribution in [0.4, 0.5) is 17.1 Å². The normalized spacial score (nSPS) is 16.7. The second-order valence-electron chi connectivity index (χ2n) is 6.22. The number of rotatable bonds is 3. The molecule has 0 fully saturated rings. The lowest BCUT2D eigenvalue weighted by atomic mass is 10.1. The Kier molecular flexibility index (Phi) is 4.95. The van der Waals surface area contributed by atoms with Crippen molar-refractivity contribution in [1.29, 1.82) is 0 Å². The average molecular weight is 358 g/mol. The highest BCUT2D eigenvalue weighted by Gasteiger charge is 2.29. The number of benzene rings is 2. The monoisotopic (exact) mass is 357 g/mol. The number of para-hydroxylation sites is 2. The predicted octanol–water partition coefficient (Wildman–Crippen LogP) is 3.82. The lowest BCUT2D eigenvalue weighted by Gasteiger charge is -2.28. The molecule has 2 aromatic carbocycles. The van der Waals surface area contributed by atoms with Crippen molar-refractivity contribution in [2.45, 2.75) is 26.3 Å². The van der Waals surface area contributed by atoms with E-state index < -0.39 is 0 Å². The van der Waals surface area contributed by atoms with E-state index in [-0.39, 0.29) is 30.8 Å². The van der Waals surface area contributed by atoms with Gasteiger partial charge in [-0.3, -0.25) is 9.59 Å². The summed E-state index contributed by atoms with van der Waals surface area (Å²) in [4.78, 5) is 26.5. The largest absolute Gasteiger partial charge is 0.375 e. The van der Waals surface area contributed by atoms with Crippen molar-refractivity contribution in [2.75, 3.05) is 22.1 Å². The fourth-order valence-corrected chi connectivity index (χ4v) is 3.29. The molecular formula is C19H20ClN3O2. The quantitative estimate of drug-likeness (QED) is 0.877. The van der Waals surface area contributed by atoms with Crippen molar-refractivity contribution < 1.29 is 9.59 Å². The van der Waals surface area contributed by atoms with Crippen molar-refractivity contribution in [3.05, 3.63) is 53.1 Å². The number of hydrogen-bond donors (Lipinski definition) is 2. The maximum atomic E-state index is 12.9. The Hall–Kier alpha value is -2.53. The molecule has 1 heterocycles. The van der Waals surface area contributed by atoms with Gasteiger partial charge in [-0.15, -0.1) is 0 Å². The van der Waals surface area contributed by atoms with Gasteiger partial charge in [0, 0.05) is 12.5 Å². The standard InChI is InChI=1S/C19H20ClN3O2/c1-12-7-8-15(14(20)9-12)21-11-19(25)23-13(2)10-18(24)22-16-5-3-4-6-17(16)23/h3-9,13,21H,10-11H2,1-2H3,(H,22,24). The summed E-state index contributed by atoms with van der Waals surface area (Å²) in [6.07, 6.45) is 0.256. The molecule has 1 atom stereocenters. The van der Waals surface area contributed by atoms with Gasteiger partial charge in [0.25, 0.3) is 0 Å². The zero-order valence-electron chi connectivity index (χ0n) is 14.2. The first-order valence-corrected chi connectivity index (χ1v) is 8.54. The number of aryl methyl sites for hydroxylation is 1. The molecule has 1 aliphatic heterocycles. The lowest BCUT2D eigenvalue weighted by molar-refractivity contribution is -0.118. The molecule has 2 N–H and O–H groups in total. The van der Waals surface area contributed by atoms with Crippen LogP contribution in [0.15, 0.2) is 42.5 Å². The van der Waals surface area contributed by atoms with E-state index in [9.17, 15) is 9.59 Å². The van der Waals surface area contributed by atoms with Gasteiger partial charge < -0.3 is 15.5 Å².